The zero-order valence-corrected chi connectivity index (χ0v) is 25.4. The average molecular weight is 593 g/mol. The highest BCUT2D eigenvalue weighted by atomic mass is 32.1. The van der Waals surface area contributed by atoms with Gasteiger partial charge in [0, 0.05) is 26.2 Å². The van der Waals surface area contributed by atoms with Crippen LogP contribution in [0.4, 0.5) is 5.69 Å². The molecule has 2 N–H and O–H groups in total. The van der Waals surface area contributed by atoms with E-state index < -0.39 is 0 Å². The van der Waals surface area contributed by atoms with Crippen LogP contribution >= 0.6 is 12.2 Å². The van der Waals surface area contributed by atoms with Crippen molar-refractivity contribution < 1.29 is 9.59 Å². The number of nitrogens with zero attached hydrogens (tertiary/aromatic N) is 2. The molecule has 4 aliphatic carbocycles. The van der Waals surface area contributed by atoms with Crippen molar-refractivity contribution >= 4 is 34.8 Å². The van der Waals surface area contributed by atoms with Crippen molar-refractivity contribution in [3.63, 3.8) is 0 Å². The van der Waals surface area contributed by atoms with Gasteiger partial charge in [-0.25, -0.2) is 0 Å². The van der Waals surface area contributed by atoms with Crippen LogP contribution in [0, 0.1) is 23.2 Å². The van der Waals surface area contributed by atoms with E-state index >= 15 is 0 Å². The molecule has 4 bridgehead atoms. The van der Waals surface area contributed by atoms with Crippen LogP contribution < -0.4 is 10.6 Å². The first-order valence-corrected chi connectivity index (χ1v) is 16.2. The van der Waals surface area contributed by atoms with Crippen molar-refractivity contribution in [3.8, 4) is 0 Å². The van der Waals surface area contributed by atoms with Crippen LogP contribution in [-0.4, -0.2) is 52.9 Å². The molecular weight excluding hydrogens is 552 g/mol. The summed E-state index contributed by atoms with van der Waals surface area (Å²) >= 11 is 5.63. The SMILES string of the molecule is O=C(c1ccccc1NC(=S)NC(=O)C12CC3CC(CC(C3)C1)C2)N1CCN(C(c2ccccc2)c2ccccc2)CC1. The fourth-order valence-corrected chi connectivity index (χ4v) is 9.00. The molecule has 222 valence electrons. The third-order valence-corrected chi connectivity index (χ3v) is 10.6. The predicted octanol–water partition coefficient (Wildman–Crippen LogP) is 6.26. The number of benzene rings is 3. The second kappa shape index (κ2) is 11.9. The van der Waals surface area contributed by atoms with Gasteiger partial charge in [-0.05, 0) is 91.8 Å². The molecule has 0 atom stereocenters. The van der Waals surface area contributed by atoms with Gasteiger partial charge in [-0.15, -0.1) is 0 Å². The lowest BCUT2D eigenvalue weighted by Gasteiger charge is -2.55. The van der Waals surface area contributed by atoms with E-state index in [4.69, 9.17) is 12.2 Å². The molecule has 0 aromatic heterocycles. The van der Waals surface area contributed by atoms with Crippen molar-refractivity contribution in [1.29, 1.82) is 0 Å². The minimum Gasteiger partial charge on any atom is -0.336 e. The Morgan fingerprint density at radius 2 is 1.23 bits per heavy atom. The van der Waals surface area contributed by atoms with Gasteiger partial charge in [0.05, 0.1) is 22.7 Å². The number of para-hydroxylation sites is 1. The minimum absolute atomic E-state index is 0.0195. The van der Waals surface area contributed by atoms with Crippen LogP contribution in [0.5, 0.6) is 0 Å². The molecule has 0 radical (unpaired) electrons. The maximum atomic E-state index is 13.8. The summed E-state index contributed by atoms with van der Waals surface area (Å²) in [6.45, 7) is 2.82. The maximum Gasteiger partial charge on any atom is 0.256 e. The summed E-state index contributed by atoms with van der Waals surface area (Å²) in [4.78, 5) is 31.7. The van der Waals surface area contributed by atoms with Crippen LogP contribution in [0.2, 0.25) is 0 Å². The van der Waals surface area contributed by atoms with Crippen LogP contribution in [0.3, 0.4) is 0 Å². The Hall–Kier alpha value is -3.55. The lowest BCUT2D eigenvalue weighted by molar-refractivity contribution is -0.144. The fraction of sp³-hybridized carbons (Fsp3) is 0.417. The lowest BCUT2D eigenvalue weighted by atomic mass is 9.49. The van der Waals surface area contributed by atoms with E-state index in [9.17, 15) is 9.59 Å². The topological polar surface area (TPSA) is 64.7 Å². The number of amides is 2. The monoisotopic (exact) mass is 592 g/mol. The van der Waals surface area contributed by atoms with Crippen LogP contribution in [-0.2, 0) is 4.79 Å². The van der Waals surface area contributed by atoms with Crippen LogP contribution in [0.1, 0.15) is 66.1 Å². The molecule has 3 aromatic rings. The molecule has 8 rings (SSSR count). The summed E-state index contributed by atoms with van der Waals surface area (Å²) in [7, 11) is 0. The molecule has 0 unspecified atom stereocenters. The number of anilines is 1. The molecule has 0 spiro atoms. The number of carbonyl (C=O) groups excluding carboxylic acids is 2. The number of hydrogen-bond donors (Lipinski definition) is 2. The van der Waals surface area contributed by atoms with Gasteiger partial charge in [0.25, 0.3) is 5.91 Å². The average Bonchev–Trinajstić information content (AvgIpc) is 3.02. The summed E-state index contributed by atoms with van der Waals surface area (Å²) < 4.78 is 0. The second-order valence-corrected chi connectivity index (χ2v) is 13.6. The number of hydrogen-bond acceptors (Lipinski definition) is 4. The zero-order valence-electron chi connectivity index (χ0n) is 24.6. The first-order chi connectivity index (χ1) is 21.0. The number of thiocarbonyl (C=S) groups is 1. The summed E-state index contributed by atoms with van der Waals surface area (Å²) in [6.07, 6.45) is 6.84. The first-order valence-electron chi connectivity index (χ1n) is 15.8. The third-order valence-electron chi connectivity index (χ3n) is 10.3. The van der Waals surface area contributed by atoms with Crippen molar-refractivity contribution in [1.82, 2.24) is 15.1 Å². The van der Waals surface area contributed by atoms with E-state index in [2.05, 4.69) is 64.1 Å². The van der Waals surface area contributed by atoms with Gasteiger partial charge in [0.2, 0.25) is 5.91 Å². The Bertz CT molecular complexity index is 1410. The molecule has 1 saturated heterocycles. The Labute approximate surface area is 259 Å². The van der Waals surface area contributed by atoms with E-state index in [1.165, 1.54) is 30.4 Å². The van der Waals surface area contributed by atoms with Gasteiger partial charge in [-0.1, -0.05) is 72.8 Å². The highest BCUT2D eigenvalue weighted by molar-refractivity contribution is 7.80. The van der Waals surface area contributed by atoms with Crippen molar-refractivity contribution in [3.05, 3.63) is 102 Å². The van der Waals surface area contributed by atoms with Crippen LogP contribution in [0.15, 0.2) is 84.9 Å². The van der Waals surface area contributed by atoms with Crippen molar-refractivity contribution in [2.75, 3.05) is 31.5 Å². The Kier molecular flexibility index (Phi) is 7.78. The maximum absolute atomic E-state index is 13.8. The van der Waals surface area contributed by atoms with E-state index in [1.54, 1.807) is 0 Å². The molecule has 3 aromatic carbocycles. The molecule has 4 saturated carbocycles. The van der Waals surface area contributed by atoms with Gasteiger partial charge < -0.3 is 15.5 Å². The molecule has 2 amide bonds. The van der Waals surface area contributed by atoms with Crippen molar-refractivity contribution in [2.24, 2.45) is 23.2 Å². The van der Waals surface area contributed by atoms with E-state index in [-0.39, 0.29) is 28.4 Å². The van der Waals surface area contributed by atoms with E-state index in [1.807, 2.05) is 41.3 Å². The predicted molar refractivity (Wildman–Crippen MR) is 174 cm³/mol. The number of piperazine rings is 1. The van der Waals surface area contributed by atoms with E-state index in [0.717, 1.165) is 32.4 Å². The van der Waals surface area contributed by atoms with Crippen molar-refractivity contribution in [2.45, 2.75) is 44.6 Å². The summed E-state index contributed by atoms with van der Waals surface area (Å²) in [6, 6.07) is 28.8. The normalized spacial score (nSPS) is 26.3. The smallest absolute Gasteiger partial charge is 0.256 e. The number of rotatable bonds is 6. The highest BCUT2D eigenvalue weighted by Gasteiger charge is 2.54. The molecule has 5 aliphatic rings. The largest absolute Gasteiger partial charge is 0.336 e. The molecule has 7 heteroatoms. The second-order valence-electron chi connectivity index (χ2n) is 13.2. The van der Waals surface area contributed by atoms with E-state index in [0.29, 0.717) is 42.1 Å². The third kappa shape index (κ3) is 5.73. The minimum atomic E-state index is -0.271. The number of carbonyl (C=O) groups is 2. The molecule has 1 aliphatic heterocycles. The molecule has 6 nitrogen and oxygen atoms in total. The zero-order chi connectivity index (χ0) is 29.4. The Balaban J connectivity index is 1.00. The summed E-state index contributed by atoms with van der Waals surface area (Å²) in [5, 5.41) is 6.51. The highest BCUT2D eigenvalue weighted by Crippen LogP contribution is 2.60. The fourth-order valence-electron chi connectivity index (χ4n) is 8.79. The van der Waals surface area contributed by atoms with Gasteiger partial charge in [0.1, 0.15) is 0 Å². The molecule has 43 heavy (non-hydrogen) atoms. The standard InChI is InChI=1S/C36H40N4O2S/c41-33(40-17-15-39(16-18-40)32(28-9-3-1-4-10-28)29-11-5-2-6-12-29)30-13-7-8-14-31(30)37-35(43)38-34(42)36-22-25-19-26(23-36)21-27(20-25)24-36/h1-14,25-27,32H,15-24H2,(H2,37,38,42,43). The molecular formula is C36H40N4O2S. The van der Waals surface area contributed by atoms with Gasteiger partial charge in [0.15, 0.2) is 5.11 Å². The molecule has 5 fully saturated rings. The number of nitrogens with one attached hydrogen (secondary N) is 2. The lowest BCUT2D eigenvalue weighted by Crippen LogP contribution is -2.55. The summed E-state index contributed by atoms with van der Waals surface area (Å²) in [5.41, 5.74) is 3.45. The van der Waals surface area contributed by atoms with Gasteiger partial charge in [-0.2, -0.15) is 0 Å². The summed E-state index contributed by atoms with van der Waals surface area (Å²) in [5.74, 6) is 2.11. The Morgan fingerprint density at radius 3 is 1.79 bits per heavy atom. The molecule has 1 heterocycles. The van der Waals surface area contributed by atoms with Gasteiger partial charge >= 0.3 is 0 Å². The van der Waals surface area contributed by atoms with Crippen LogP contribution in [0.25, 0.3) is 0 Å². The first kappa shape index (κ1) is 28.2. The van der Waals surface area contributed by atoms with Gasteiger partial charge in [-0.3, -0.25) is 14.5 Å². The Morgan fingerprint density at radius 1 is 0.721 bits per heavy atom. The quantitative estimate of drug-likeness (QED) is 0.331.